The zero-order valence-electron chi connectivity index (χ0n) is 16.3. The Morgan fingerprint density at radius 1 is 0.933 bits per heavy atom. The van der Waals surface area contributed by atoms with E-state index in [0.717, 1.165) is 0 Å². The van der Waals surface area contributed by atoms with E-state index in [1.807, 2.05) is 12.1 Å². The van der Waals surface area contributed by atoms with E-state index < -0.39 is 0 Å². The van der Waals surface area contributed by atoms with Gasteiger partial charge < -0.3 is 9.80 Å². The van der Waals surface area contributed by atoms with E-state index in [1.165, 1.54) is 10.8 Å². The minimum absolute atomic E-state index is 0.0552. The molecule has 0 saturated carbocycles. The number of fused-ring (bicyclic) bond motifs is 1. The van der Waals surface area contributed by atoms with Crippen LogP contribution in [0.2, 0.25) is 5.02 Å². The van der Waals surface area contributed by atoms with E-state index in [2.05, 4.69) is 4.98 Å². The summed E-state index contributed by atoms with van der Waals surface area (Å²) in [4.78, 5) is 45.6. The standard InChI is InChI=1S/C22H21ClN4O3/c23-17-7-2-1-6-16(17)22(30)26-11-5-10-25(12-13-26)21(29)15-27-19-9-4-3-8-18(19)24-14-20(27)28/h1-4,6-9,14H,5,10-13,15H2. The zero-order valence-corrected chi connectivity index (χ0v) is 17.1. The molecule has 30 heavy (non-hydrogen) atoms. The molecule has 154 valence electrons. The molecule has 1 saturated heterocycles. The number of amides is 2. The summed E-state index contributed by atoms with van der Waals surface area (Å²) in [5, 5.41) is 0.420. The lowest BCUT2D eigenvalue weighted by Gasteiger charge is -2.23. The van der Waals surface area contributed by atoms with Crippen molar-refractivity contribution in [2.75, 3.05) is 26.2 Å². The molecule has 7 nitrogen and oxygen atoms in total. The van der Waals surface area contributed by atoms with E-state index in [9.17, 15) is 14.4 Å². The maximum atomic E-state index is 12.9. The number of hydrogen-bond acceptors (Lipinski definition) is 4. The normalized spacial score (nSPS) is 14.6. The first-order valence-corrected chi connectivity index (χ1v) is 10.2. The van der Waals surface area contributed by atoms with Gasteiger partial charge in [-0.3, -0.25) is 19.0 Å². The minimum Gasteiger partial charge on any atom is -0.339 e. The summed E-state index contributed by atoms with van der Waals surface area (Å²) in [7, 11) is 0. The van der Waals surface area contributed by atoms with Gasteiger partial charge in [0.2, 0.25) is 5.91 Å². The second kappa shape index (κ2) is 8.67. The average Bonchev–Trinajstić information content (AvgIpc) is 3.02. The van der Waals surface area contributed by atoms with Crippen molar-refractivity contribution in [2.24, 2.45) is 0 Å². The highest BCUT2D eigenvalue weighted by atomic mass is 35.5. The molecule has 1 aromatic heterocycles. The molecule has 2 aromatic carbocycles. The maximum absolute atomic E-state index is 12.9. The summed E-state index contributed by atoms with van der Waals surface area (Å²) in [6, 6.07) is 14.2. The fourth-order valence-corrected chi connectivity index (χ4v) is 3.90. The number of rotatable bonds is 3. The molecule has 1 fully saturated rings. The average molecular weight is 425 g/mol. The second-order valence-electron chi connectivity index (χ2n) is 7.18. The molecule has 1 aliphatic heterocycles. The Morgan fingerprint density at radius 3 is 2.47 bits per heavy atom. The van der Waals surface area contributed by atoms with Gasteiger partial charge in [0.15, 0.2) is 0 Å². The molecule has 1 aliphatic rings. The van der Waals surface area contributed by atoms with E-state index >= 15 is 0 Å². The number of carbonyl (C=O) groups is 2. The van der Waals surface area contributed by atoms with Gasteiger partial charge in [0, 0.05) is 26.2 Å². The van der Waals surface area contributed by atoms with Crippen LogP contribution in [0.15, 0.2) is 59.5 Å². The second-order valence-corrected chi connectivity index (χ2v) is 7.58. The molecule has 0 aliphatic carbocycles. The topological polar surface area (TPSA) is 75.5 Å². The molecule has 0 spiro atoms. The molecule has 0 unspecified atom stereocenters. The molecule has 8 heteroatoms. The van der Waals surface area contributed by atoms with Crippen LogP contribution in [0.25, 0.3) is 11.0 Å². The maximum Gasteiger partial charge on any atom is 0.269 e. The fraction of sp³-hybridized carbons (Fsp3) is 0.273. The molecular formula is C22H21ClN4O3. The van der Waals surface area contributed by atoms with E-state index in [1.54, 1.807) is 46.2 Å². The summed E-state index contributed by atoms with van der Waals surface area (Å²) in [6.07, 6.45) is 1.90. The Labute approximate surface area is 178 Å². The van der Waals surface area contributed by atoms with Crippen LogP contribution < -0.4 is 5.56 Å². The number of carbonyl (C=O) groups excluding carboxylic acids is 2. The predicted octanol–water partition coefficient (Wildman–Crippen LogP) is 2.42. The van der Waals surface area contributed by atoms with Crippen molar-refractivity contribution >= 4 is 34.4 Å². The zero-order chi connectivity index (χ0) is 21.1. The molecule has 2 amide bonds. The van der Waals surface area contributed by atoms with Gasteiger partial charge in [0.05, 0.1) is 27.8 Å². The third-order valence-electron chi connectivity index (χ3n) is 5.29. The first-order chi connectivity index (χ1) is 14.5. The van der Waals surface area contributed by atoms with Crippen LogP contribution in [0.5, 0.6) is 0 Å². The van der Waals surface area contributed by atoms with Gasteiger partial charge in [0.1, 0.15) is 6.54 Å². The van der Waals surface area contributed by atoms with E-state index in [4.69, 9.17) is 11.6 Å². The molecule has 0 radical (unpaired) electrons. The third-order valence-corrected chi connectivity index (χ3v) is 5.62. The minimum atomic E-state index is -0.313. The quantitative estimate of drug-likeness (QED) is 0.647. The number of nitrogens with zero attached hydrogens (tertiary/aromatic N) is 4. The van der Waals surface area contributed by atoms with Crippen LogP contribution in [0.1, 0.15) is 16.8 Å². The summed E-state index contributed by atoms with van der Waals surface area (Å²) >= 11 is 6.16. The number of benzene rings is 2. The summed E-state index contributed by atoms with van der Waals surface area (Å²) < 4.78 is 1.45. The molecule has 0 N–H and O–H groups in total. The van der Waals surface area contributed by atoms with Crippen molar-refractivity contribution in [2.45, 2.75) is 13.0 Å². The van der Waals surface area contributed by atoms with Gasteiger partial charge in [-0.25, -0.2) is 4.98 Å². The number of halogens is 1. The highest BCUT2D eigenvalue weighted by Crippen LogP contribution is 2.18. The Bertz CT molecular complexity index is 1160. The smallest absolute Gasteiger partial charge is 0.269 e. The SMILES string of the molecule is O=C(Cn1c(=O)cnc2ccccc21)N1CCCN(C(=O)c2ccccc2Cl)CC1. The predicted molar refractivity (Wildman–Crippen MR) is 115 cm³/mol. The summed E-state index contributed by atoms with van der Waals surface area (Å²) in [5.74, 6) is -0.285. The first kappa shape index (κ1) is 20.1. The lowest BCUT2D eigenvalue weighted by Crippen LogP contribution is -2.40. The number of aromatic nitrogens is 2. The van der Waals surface area contributed by atoms with Gasteiger partial charge in [-0.15, -0.1) is 0 Å². The van der Waals surface area contributed by atoms with Gasteiger partial charge in [0.25, 0.3) is 11.5 Å². The molecular weight excluding hydrogens is 404 g/mol. The summed E-state index contributed by atoms with van der Waals surface area (Å²) in [6.45, 7) is 1.85. The van der Waals surface area contributed by atoms with Crippen molar-refractivity contribution in [1.29, 1.82) is 0 Å². The molecule has 2 heterocycles. The van der Waals surface area contributed by atoms with Crippen molar-refractivity contribution in [1.82, 2.24) is 19.4 Å². The number of hydrogen-bond donors (Lipinski definition) is 0. The molecule has 0 bridgehead atoms. The summed E-state index contributed by atoms with van der Waals surface area (Å²) in [5.41, 5.74) is 1.45. The van der Waals surface area contributed by atoms with Crippen LogP contribution in [0.4, 0.5) is 0 Å². The first-order valence-electron chi connectivity index (χ1n) is 9.81. The van der Waals surface area contributed by atoms with Crippen molar-refractivity contribution in [3.05, 3.63) is 75.7 Å². The largest absolute Gasteiger partial charge is 0.339 e. The Morgan fingerprint density at radius 2 is 1.63 bits per heavy atom. The van der Waals surface area contributed by atoms with Gasteiger partial charge in [-0.05, 0) is 30.7 Å². The lowest BCUT2D eigenvalue weighted by atomic mass is 10.2. The van der Waals surface area contributed by atoms with Crippen LogP contribution >= 0.6 is 11.6 Å². The van der Waals surface area contributed by atoms with E-state index in [0.29, 0.717) is 54.2 Å². The molecule has 4 rings (SSSR count). The van der Waals surface area contributed by atoms with Crippen molar-refractivity contribution in [3.8, 4) is 0 Å². The van der Waals surface area contributed by atoms with Crippen LogP contribution in [0, 0.1) is 0 Å². The van der Waals surface area contributed by atoms with E-state index in [-0.39, 0.29) is 23.9 Å². The Hall–Kier alpha value is -3.19. The highest BCUT2D eigenvalue weighted by molar-refractivity contribution is 6.33. The third kappa shape index (κ3) is 4.07. The molecule has 0 atom stereocenters. The Kier molecular flexibility index (Phi) is 5.81. The fourth-order valence-electron chi connectivity index (χ4n) is 3.69. The van der Waals surface area contributed by atoms with Gasteiger partial charge in [-0.1, -0.05) is 35.9 Å². The lowest BCUT2D eigenvalue weighted by molar-refractivity contribution is -0.131. The van der Waals surface area contributed by atoms with Gasteiger partial charge >= 0.3 is 0 Å². The molecule has 3 aromatic rings. The number of para-hydroxylation sites is 2. The monoisotopic (exact) mass is 424 g/mol. The van der Waals surface area contributed by atoms with Crippen molar-refractivity contribution < 1.29 is 9.59 Å². The highest BCUT2D eigenvalue weighted by Gasteiger charge is 2.24. The van der Waals surface area contributed by atoms with Crippen LogP contribution in [-0.2, 0) is 11.3 Å². The Balaban J connectivity index is 1.47. The van der Waals surface area contributed by atoms with Crippen LogP contribution in [0.3, 0.4) is 0 Å². The van der Waals surface area contributed by atoms with Crippen molar-refractivity contribution in [3.63, 3.8) is 0 Å². The van der Waals surface area contributed by atoms with Gasteiger partial charge in [-0.2, -0.15) is 0 Å². The van der Waals surface area contributed by atoms with Crippen LogP contribution in [-0.4, -0.2) is 57.3 Å².